The second-order valence-electron chi connectivity index (χ2n) is 10.6. The minimum Gasteiger partial charge on any atom is -0.478 e. The number of nitrogens with zero attached hydrogens (tertiary/aromatic N) is 6. The molecule has 4 heterocycles. The maximum absolute atomic E-state index is 13.7. The molecular formula is C32H32N6O4. The van der Waals surface area contributed by atoms with Gasteiger partial charge in [-0.1, -0.05) is 36.4 Å². The van der Waals surface area contributed by atoms with E-state index in [-0.39, 0.29) is 23.7 Å². The van der Waals surface area contributed by atoms with Crippen molar-refractivity contribution in [2.75, 3.05) is 24.5 Å². The number of aryl methyl sites for hydroxylation is 1. The fraction of sp³-hybridized carbons (Fsp3) is 0.281. The number of piperidine rings is 1. The highest BCUT2D eigenvalue weighted by Crippen LogP contribution is 2.36. The first-order valence-corrected chi connectivity index (χ1v) is 14.1. The number of carboxylic acids is 1. The molecule has 0 aliphatic carbocycles. The number of anilines is 1. The number of rotatable bonds is 8. The summed E-state index contributed by atoms with van der Waals surface area (Å²) in [6.07, 6.45) is 5.09. The van der Waals surface area contributed by atoms with Crippen molar-refractivity contribution < 1.29 is 19.4 Å². The van der Waals surface area contributed by atoms with Gasteiger partial charge in [-0.3, -0.25) is 9.80 Å². The molecule has 10 heteroatoms. The van der Waals surface area contributed by atoms with Gasteiger partial charge in [0, 0.05) is 49.8 Å². The normalized spacial score (nSPS) is 17.9. The van der Waals surface area contributed by atoms with Gasteiger partial charge in [0.1, 0.15) is 5.75 Å². The summed E-state index contributed by atoms with van der Waals surface area (Å²) in [5, 5.41) is 9.08. The van der Waals surface area contributed by atoms with Crippen molar-refractivity contribution in [3.63, 3.8) is 0 Å². The Labute approximate surface area is 244 Å². The van der Waals surface area contributed by atoms with E-state index >= 15 is 0 Å². The molecular weight excluding hydrogens is 532 g/mol. The Morgan fingerprint density at radius 1 is 0.952 bits per heavy atom. The first kappa shape index (κ1) is 27.3. The van der Waals surface area contributed by atoms with Gasteiger partial charge in [0.2, 0.25) is 11.8 Å². The van der Waals surface area contributed by atoms with Crippen LogP contribution in [0.25, 0.3) is 0 Å². The lowest BCUT2D eigenvalue weighted by molar-refractivity contribution is 0.0696. The van der Waals surface area contributed by atoms with Crippen LogP contribution in [0.2, 0.25) is 0 Å². The van der Waals surface area contributed by atoms with Crippen LogP contribution in [0.5, 0.6) is 11.6 Å². The fourth-order valence-corrected chi connectivity index (χ4v) is 5.73. The van der Waals surface area contributed by atoms with Crippen LogP contribution in [0, 0.1) is 6.92 Å². The predicted octanol–water partition coefficient (Wildman–Crippen LogP) is 5.32. The van der Waals surface area contributed by atoms with Crippen LogP contribution in [0.1, 0.15) is 46.1 Å². The Hall–Kier alpha value is -4.83. The number of likely N-dealkylation sites (tertiary alicyclic amines) is 1. The number of urea groups is 1. The van der Waals surface area contributed by atoms with Crippen molar-refractivity contribution in [2.45, 2.75) is 38.4 Å². The van der Waals surface area contributed by atoms with E-state index in [9.17, 15) is 9.59 Å². The zero-order valence-electron chi connectivity index (χ0n) is 23.3. The van der Waals surface area contributed by atoms with Gasteiger partial charge in [0.25, 0.3) is 0 Å². The van der Waals surface area contributed by atoms with Gasteiger partial charge >= 0.3 is 12.0 Å². The van der Waals surface area contributed by atoms with Gasteiger partial charge in [0.05, 0.1) is 18.2 Å². The number of aromatic carboxylic acids is 1. The zero-order valence-corrected chi connectivity index (χ0v) is 23.3. The molecule has 2 saturated heterocycles. The summed E-state index contributed by atoms with van der Waals surface area (Å²) in [6.45, 7) is 4.99. The molecule has 0 radical (unpaired) electrons. The van der Waals surface area contributed by atoms with Gasteiger partial charge in [-0.25, -0.2) is 24.5 Å². The number of carbonyl (C=O) groups excluding carboxylic acids is 1. The summed E-state index contributed by atoms with van der Waals surface area (Å²) in [6, 6.07) is 22.1. The molecule has 0 spiro atoms. The van der Waals surface area contributed by atoms with Crippen molar-refractivity contribution in [1.82, 2.24) is 24.8 Å². The molecule has 2 amide bonds. The summed E-state index contributed by atoms with van der Waals surface area (Å²) in [4.78, 5) is 44.3. The molecule has 42 heavy (non-hydrogen) atoms. The fourth-order valence-electron chi connectivity index (χ4n) is 5.73. The number of hydrogen-bond donors (Lipinski definition) is 1. The molecule has 2 aromatic heterocycles. The topological polar surface area (TPSA) is 112 Å². The molecule has 2 aliphatic rings. The Morgan fingerprint density at radius 2 is 1.67 bits per heavy atom. The largest absolute Gasteiger partial charge is 0.478 e. The number of hydrogen-bond acceptors (Lipinski definition) is 7. The van der Waals surface area contributed by atoms with E-state index in [1.165, 1.54) is 12.1 Å². The predicted molar refractivity (Wildman–Crippen MR) is 157 cm³/mol. The van der Waals surface area contributed by atoms with Crippen LogP contribution < -0.4 is 9.64 Å². The SMILES string of the molecule is Cc1nc(Oc2ccc(C(=O)O)cc2)ccc1CN1CCC(N2C(=O)N(c3ncccn3)C[C@H]2c2ccccc2)CC1. The molecule has 0 unspecified atom stereocenters. The summed E-state index contributed by atoms with van der Waals surface area (Å²) in [5.74, 6) is 0.459. The van der Waals surface area contributed by atoms with Crippen molar-refractivity contribution >= 4 is 17.9 Å². The Morgan fingerprint density at radius 3 is 2.33 bits per heavy atom. The lowest BCUT2D eigenvalue weighted by atomic mass is 9.98. The molecule has 214 valence electrons. The molecule has 10 nitrogen and oxygen atoms in total. The number of pyridine rings is 1. The van der Waals surface area contributed by atoms with Gasteiger partial charge in [-0.05, 0) is 61.2 Å². The van der Waals surface area contributed by atoms with Crippen molar-refractivity contribution in [1.29, 1.82) is 0 Å². The lowest BCUT2D eigenvalue weighted by Crippen LogP contribution is -2.47. The summed E-state index contributed by atoms with van der Waals surface area (Å²) in [7, 11) is 0. The molecule has 2 aliphatic heterocycles. The van der Waals surface area contributed by atoms with Gasteiger partial charge in [-0.15, -0.1) is 0 Å². The van der Waals surface area contributed by atoms with E-state index in [1.54, 1.807) is 35.5 Å². The second kappa shape index (κ2) is 12.0. The molecule has 2 fully saturated rings. The highest BCUT2D eigenvalue weighted by molar-refractivity contribution is 5.93. The zero-order chi connectivity index (χ0) is 29.1. The van der Waals surface area contributed by atoms with Gasteiger partial charge in [-0.2, -0.15) is 0 Å². The number of amides is 2. The second-order valence-corrected chi connectivity index (χ2v) is 10.6. The third-order valence-electron chi connectivity index (χ3n) is 7.96. The Balaban J connectivity index is 1.10. The lowest BCUT2D eigenvalue weighted by Gasteiger charge is -2.39. The van der Waals surface area contributed by atoms with Gasteiger partial charge < -0.3 is 14.7 Å². The quantitative estimate of drug-likeness (QED) is 0.306. The van der Waals surface area contributed by atoms with E-state index in [4.69, 9.17) is 9.84 Å². The average molecular weight is 565 g/mol. The molecule has 6 rings (SSSR count). The molecule has 0 saturated carbocycles. The standard InChI is InChI=1S/C32H32N6O4/c1-22-25(10-13-29(35-22)42-27-11-8-24(9-12-27)30(39)40)20-36-18-14-26(15-19-36)38-28(23-6-3-2-4-7-23)21-37(32(38)41)31-33-16-5-17-34-31/h2-13,16-17,26,28H,14-15,18-21H2,1H3,(H,39,40)/t28-/m0/s1. The van der Waals surface area contributed by atoms with E-state index < -0.39 is 5.97 Å². The summed E-state index contributed by atoms with van der Waals surface area (Å²) >= 11 is 0. The van der Waals surface area contributed by atoms with Crippen LogP contribution in [0.4, 0.5) is 10.7 Å². The van der Waals surface area contributed by atoms with Crippen LogP contribution in [0.3, 0.4) is 0 Å². The average Bonchev–Trinajstić information content (AvgIpc) is 3.37. The monoisotopic (exact) mass is 564 g/mol. The van der Waals surface area contributed by atoms with Gasteiger partial charge in [0.15, 0.2) is 0 Å². The minimum absolute atomic E-state index is 0.0401. The number of carbonyl (C=O) groups is 2. The van der Waals surface area contributed by atoms with Crippen LogP contribution >= 0.6 is 0 Å². The number of carboxylic acid groups (broad SMARTS) is 1. The first-order valence-electron chi connectivity index (χ1n) is 14.1. The van der Waals surface area contributed by atoms with Crippen LogP contribution in [-0.2, 0) is 6.54 Å². The van der Waals surface area contributed by atoms with E-state index in [0.717, 1.165) is 49.3 Å². The van der Waals surface area contributed by atoms with Crippen molar-refractivity contribution in [3.8, 4) is 11.6 Å². The maximum Gasteiger partial charge on any atom is 0.335 e. The highest BCUT2D eigenvalue weighted by Gasteiger charge is 2.44. The van der Waals surface area contributed by atoms with Crippen LogP contribution in [-0.4, -0.2) is 67.5 Å². The number of benzene rings is 2. The summed E-state index contributed by atoms with van der Waals surface area (Å²) in [5.41, 5.74) is 3.33. The minimum atomic E-state index is -0.976. The number of ether oxygens (including phenoxy) is 1. The highest BCUT2D eigenvalue weighted by atomic mass is 16.5. The smallest absolute Gasteiger partial charge is 0.335 e. The number of aromatic nitrogens is 3. The molecule has 1 N–H and O–H groups in total. The van der Waals surface area contributed by atoms with Crippen molar-refractivity contribution in [3.05, 3.63) is 108 Å². The van der Waals surface area contributed by atoms with E-state index in [2.05, 4.69) is 32.0 Å². The maximum atomic E-state index is 13.7. The Kier molecular flexibility index (Phi) is 7.78. The van der Waals surface area contributed by atoms with Crippen LogP contribution in [0.15, 0.2) is 85.2 Å². The Bertz CT molecular complexity index is 1540. The van der Waals surface area contributed by atoms with E-state index in [0.29, 0.717) is 24.1 Å². The first-order chi connectivity index (χ1) is 20.5. The summed E-state index contributed by atoms with van der Waals surface area (Å²) < 4.78 is 5.84. The molecule has 0 bridgehead atoms. The van der Waals surface area contributed by atoms with Crippen molar-refractivity contribution in [2.24, 2.45) is 0 Å². The molecule has 4 aromatic rings. The molecule has 1 atom stereocenters. The third kappa shape index (κ3) is 5.80. The third-order valence-corrected chi connectivity index (χ3v) is 7.96. The van der Waals surface area contributed by atoms with E-state index in [1.807, 2.05) is 42.2 Å². The molecule has 2 aromatic carbocycles.